The average Bonchev–Trinajstić information content (AvgIpc) is 3.31. The van der Waals surface area contributed by atoms with Crippen LogP contribution >= 0.6 is 34.7 Å². The summed E-state index contributed by atoms with van der Waals surface area (Å²) in [5.74, 6) is -0.336. The van der Waals surface area contributed by atoms with Crippen LogP contribution in [-0.2, 0) is 9.53 Å². The van der Waals surface area contributed by atoms with E-state index in [-0.39, 0.29) is 5.97 Å². The quantitative estimate of drug-likeness (QED) is 0.263. The van der Waals surface area contributed by atoms with Crippen molar-refractivity contribution in [2.24, 2.45) is 0 Å². The number of allylic oxidation sites excluding steroid dienone is 1. The van der Waals surface area contributed by atoms with Crippen molar-refractivity contribution in [1.82, 2.24) is 15.0 Å². The number of nitrogens with zero attached hydrogens (tertiary/aromatic N) is 4. The van der Waals surface area contributed by atoms with E-state index in [9.17, 15) is 4.79 Å². The molecule has 0 aliphatic carbocycles. The Morgan fingerprint density at radius 2 is 1.71 bits per heavy atom. The Labute approximate surface area is 220 Å². The number of pyridine rings is 1. The number of esters is 1. The Morgan fingerprint density at radius 3 is 2.29 bits per heavy atom. The van der Waals surface area contributed by atoms with Crippen molar-refractivity contribution >= 4 is 51.4 Å². The maximum Gasteiger partial charge on any atom is 0.335 e. The zero-order valence-corrected chi connectivity index (χ0v) is 23.3. The predicted molar refractivity (Wildman–Crippen MR) is 146 cm³/mol. The Morgan fingerprint density at radius 1 is 1.09 bits per heavy atom. The number of hydrogen-bond acceptors (Lipinski definition) is 8. The molecule has 3 aromatic rings. The summed E-state index contributed by atoms with van der Waals surface area (Å²) in [5, 5.41) is 5.72. The maximum absolute atomic E-state index is 13.2. The molecular weight excluding hydrogens is 500 g/mol. The summed E-state index contributed by atoms with van der Waals surface area (Å²) in [7, 11) is 3.38. The topological polar surface area (TPSA) is 58.6 Å². The number of hydrazine groups is 1. The summed E-state index contributed by atoms with van der Waals surface area (Å²) in [4.78, 5) is 22.8. The first-order valence-corrected chi connectivity index (χ1v) is 13.4. The lowest BCUT2D eigenvalue weighted by Crippen LogP contribution is -2.45. The lowest BCUT2D eigenvalue weighted by Gasteiger charge is -2.30. The SMILES string of the molecule is COC(=O)C1C(c2cc(C)nc(C)c2)=C(C)N(C)N1c1nc(-c2ccc(Cl)cc2)c(SC(C)C)s1. The van der Waals surface area contributed by atoms with Gasteiger partial charge in [0.2, 0.25) is 5.13 Å². The molecule has 0 radical (unpaired) electrons. The van der Waals surface area contributed by atoms with Crippen molar-refractivity contribution in [3.8, 4) is 11.3 Å². The summed E-state index contributed by atoms with van der Waals surface area (Å²) in [6, 6.07) is 11.1. The van der Waals surface area contributed by atoms with Crippen LogP contribution in [0.2, 0.25) is 5.02 Å². The van der Waals surface area contributed by atoms with Gasteiger partial charge in [0.05, 0.1) is 17.0 Å². The lowest BCUT2D eigenvalue weighted by molar-refractivity contribution is -0.141. The van der Waals surface area contributed by atoms with Gasteiger partial charge in [-0.15, -0.1) is 11.8 Å². The highest BCUT2D eigenvalue weighted by Gasteiger charge is 2.43. The zero-order valence-electron chi connectivity index (χ0n) is 20.9. The monoisotopic (exact) mass is 528 g/mol. The minimum Gasteiger partial charge on any atom is -0.467 e. The number of methoxy groups -OCH3 is 1. The first kappa shape index (κ1) is 25.5. The first-order valence-electron chi connectivity index (χ1n) is 11.3. The lowest BCUT2D eigenvalue weighted by atomic mass is 9.97. The fraction of sp³-hybridized carbons (Fsp3) is 0.346. The van der Waals surface area contributed by atoms with Crippen LogP contribution in [0.3, 0.4) is 0 Å². The summed E-state index contributed by atoms with van der Waals surface area (Å²) >= 11 is 9.48. The molecule has 1 aliphatic rings. The number of halogens is 1. The van der Waals surface area contributed by atoms with Gasteiger partial charge in [0.1, 0.15) is 0 Å². The van der Waals surface area contributed by atoms with Gasteiger partial charge in [-0.2, -0.15) is 0 Å². The maximum atomic E-state index is 13.2. The second-order valence-corrected chi connectivity index (χ2v) is 12.0. The largest absolute Gasteiger partial charge is 0.467 e. The molecule has 1 unspecified atom stereocenters. The molecule has 6 nitrogen and oxygen atoms in total. The number of ether oxygens (including phenoxy) is 1. The second kappa shape index (κ2) is 10.2. The van der Waals surface area contributed by atoms with Gasteiger partial charge in [-0.3, -0.25) is 9.99 Å². The van der Waals surface area contributed by atoms with Gasteiger partial charge >= 0.3 is 5.97 Å². The molecule has 9 heteroatoms. The summed E-state index contributed by atoms with van der Waals surface area (Å²) in [5.41, 5.74) is 6.50. The molecule has 0 amide bonds. The van der Waals surface area contributed by atoms with Crippen LogP contribution < -0.4 is 5.01 Å². The third-order valence-corrected chi connectivity index (χ3v) is 8.28. The van der Waals surface area contributed by atoms with E-state index in [1.54, 1.807) is 23.1 Å². The number of benzene rings is 1. The third kappa shape index (κ3) is 5.06. The molecule has 0 fully saturated rings. The fourth-order valence-corrected chi connectivity index (χ4v) is 6.94. The standard InChI is InChI=1S/C26H29ClN4O2S2/c1-14(2)34-25-22(18-8-10-20(27)11-9-18)29-26(35-25)31-23(24(32)33-7)21(17(5)30(31)6)19-12-15(3)28-16(4)13-19/h8-14,23H,1-7H3. The third-order valence-electron chi connectivity index (χ3n) is 5.77. The second-order valence-electron chi connectivity index (χ2n) is 8.74. The number of aromatic nitrogens is 2. The number of rotatable bonds is 6. The number of aryl methyl sites for hydroxylation is 2. The van der Waals surface area contributed by atoms with Crippen molar-refractivity contribution in [3.05, 3.63) is 64.1 Å². The Hall–Kier alpha value is -2.55. The van der Waals surface area contributed by atoms with Gasteiger partial charge in [-0.05, 0) is 50.6 Å². The van der Waals surface area contributed by atoms with E-state index >= 15 is 0 Å². The summed E-state index contributed by atoms with van der Waals surface area (Å²) in [6.45, 7) is 10.3. The van der Waals surface area contributed by atoms with Gasteiger partial charge in [-0.25, -0.2) is 14.8 Å². The van der Waals surface area contributed by atoms with Crippen molar-refractivity contribution < 1.29 is 9.53 Å². The number of carbonyl (C=O) groups excluding carboxylic acids is 1. The first-order chi connectivity index (χ1) is 16.6. The van der Waals surface area contributed by atoms with Crippen molar-refractivity contribution in [2.45, 2.75) is 50.1 Å². The van der Waals surface area contributed by atoms with E-state index in [1.165, 1.54) is 7.11 Å². The molecule has 0 bridgehead atoms. The van der Waals surface area contributed by atoms with Crippen molar-refractivity contribution in [1.29, 1.82) is 0 Å². The Bertz CT molecular complexity index is 1270. The minimum absolute atomic E-state index is 0.336. The number of hydrogen-bond donors (Lipinski definition) is 0. The molecule has 3 heterocycles. The highest BCUT2D eigenvalue weighted by molar-refractivity contribution is 8.01. The summed E-state index contributed by atoms with van der Waals surface area (Å²) < 4.78 is 6.39. The summed E-state index contributed by atoms with van der Waals surface area (Å²) in [6.07, 6.45) is 0. The fourth-order valence-electron chi connectivity index (χ4n) is 4.23. The van der Waals surface area contributed by atoms with Crippen LogP contribution in [0, 0.1) is 13.8 Å². The number of carbonyl (C=O) groups is 1. The van der Waals surface area contributed by atoms with E-state index < -0.39 is 6.04 Å². The molecule has 4 rings (SSSR count). The minimum atomic E-state index is -0.660. The van der Waals surface area contributed by atoms with Crippen LogP contribution in [0.5, 0.6) is 0 Å². The van der Waals surface area contributed by atoms with Crippen LogP contribution in [0.25, 0.3) is 16.8 Å². The van der Waals surface area contributed by atoms with E-state index in [1.807, 2.05) is 74.2 Å². The molecule has 1 aromatic carbocycles. The van der Waals surface area contributed by atoms with Crippen LogP contribution in [0.1, 0.15) is 37.7 Å². The molecule has 2 aromatic heterocycles. The molecule has 0 N–H and O–H groups in total. The van der Waals surface area contributed by atoms with E-state index in [0.29, 0.717) is 10.3 Å². The molecule has 184 valence electrons. The Balaban J connectivity index is 1.85. The smallest absolute Gasteiger partial charge is 0.335 e. The number of anilines is 1. The average molecular weight is 529 g/mol. The van der Waals surface area contributed by atoms with E-state index in [2.05, 4.69) is 18.8 Å². The van der Waals surface area contributed by atoms with Crippen LogP contribution in [0.4, 0.5) is 5.13 Å². The van der Waals surface area contributed by atoms with Gasteiger partial charge in [0.15, 0.2) is 6.04 Å². The van der Waals surface area contributed by atoms with Gasteiger partial charge in [-0.1, -0.05) is 48.9 Å². The Kier molecular flexibility index (Phi) is 7.45. The van der Waals surface area contributed by atoms with Crippen molar-refractivity contribution in [2.75, 3.05) is 19.2 Å². The zero-order chi connectivity index (χ0) is 25.4. The van der Waals surface area contributed by atoms with Gasteiger partial charge in [0.25, 0.3) is 0 Å². The number of thioether (sulfide) groups is 1. The highest BCUT2D eigenvalue weighted by atomic mass is 35.5. The number of thiazole rings is 1. The van der Waals surface area contributed by atoms with Crippen LogP contribution in [0.15, 0.2) is 46.3 Å². The van der Waals surface area contributed by atoms with Crippen LogP contribution in [-0.4, -0.2) is 46.4 Å². The molecule has 0 saturated heterocycles. The predicted octanol–water partition coefficient (Wildman–Crippen LogP) is 6.62. The molecular formula is C26H29ClN4O2S2. The molecule has 0 saturated carbocycles. The van der Waals surface area contributed by atoms with Crippen molar-refractivity contribution in [3.63, 3.8) is 0 Å². The van der Waals surface area contributed by atoms with Gasteiger partial charge < -0.3 is 4.74 Å². The van der Waals surface area contributed by atoms with E-state index in [0.717, 1.165) is 48.8 Å². The normalized spacial score (nSPS) is 16.0. The molecule has 0 spiro atoms. The molecule has 35 heavy (non-hydrogen) atoms. The van der Waals surface area contributed by atoms with Gasteiger partial charge in [0, 0.05) is 45.5 Å². The highest BCUT2D eigenvalue weighted by Crippen LogP contribution is 2.46. The molecule has 1 atom stereocenters. The molecule has 1 aliphatic heterocycles. The van der Waals surface area contributed by atoms with E-state index in [4.69, 9.17) is 21.3 Å².